The van der Waals surface area contributed by atoms with Crippen LogP contribution in [0.15, 0.2) is 18.2 Å². The number of aromatic nitrogens is 2. The number of nitriles is 1. The first-order chi connectivity index (χ1) is 15.6. The molecule has 3 rings (SSSR count). The lowest BCUT2D eigenvalue weighted by Crippen LogP contribution is -2.21. The second kappa shape index (κ2) is 11.7. The third kappa shape index (κ3) is 5.92. The van der Waals surface area contributed by atoms with E-state index in [1.807, 2.05) is 0 Å². The number of halogens is 2. The Morgan fingerprint density at radius 3 is 2.81 bits per heavy atom. The first-order valence-electron chi connectivity index (χ1n) is 11.3. The molecule has 1 aliphatic heterocycles. The van der Waals surface area contributed by atoms with Crippen molar-refractivity contribution in [2.45, 2.75) is 78.1 Å². The molecule has 8 heteroatoms. The van der Waals surface area contributed by atoms with Gasteiger partial charge in [-0.1, -0.05) is 33.1 Å². The summed E-state index contributed by atoms with van der Waals surface area (Å²) in [7, 11) is 0. The highest BCUT2D eigenvalue weighted by Crippen LogP contribution is 2.34. The number of unbranched alkanes of at least 4 members (excludes halogenated alkanes) is 2. The van der Waals surface area contributed by atoms with E-state index in [1.54, 1.807) is 6.07 Å². The van der Waals surface area contributed by atoms with E-state index in [0.29, 0.717) is 41.2 Å². The number of nitrogens with zero attached hydrogens (tertiary/aromatic N) is 3. The molecule has 2 aromatic rings. The summed E-state index contributed by atoms with van der Waals surface area (Å²) in [6.45, 7) is 2.13. The second-order valence-corrected chi connectivity index (χ2v) is 7.96. The maximum absolute atomic E-state index is 12.7. The van der Waals surface area contributed by atoms with Crippen LogP contribution in [0.4, 0.5) is 14.6 Å². The van der Waals surface area contributed by atoms with Crippen LogP contribution in [0, 0.1) is 11.3 Å². The zero-order valence-corrected chi connectivity index (χ0v) is 18.7. The van der Waals surface area contributed by atoms with Gasteiger partial charge in [-0.2, -0.15) is 14.0 Å². The predicted octanol–water partition coefficient (Wildman–Crippen LogP) is 5.85. The minimum absolute atomic E-state index is 0.0627. The van der Waals surface area contributed by atoms with Crippen LogP contribution in [0.3, 0.4) is 0 Å². The molecule has 1 atom stereocenters. The fourth-order valence-corrected chi connectivity index (χ4v) is 4.00. The van der Waals surface area contributed by atoms with E-state index >= 15 is 0 Å². The van der Waals surface area contributed by atoms with Gasteiger partial charge in [-0.05, 0) is 49.4 Å². The highest BCUT2D eigenvalue weighted by Gasteiger charge is 2.22. The van der Waals surface area contributed by atoms with Crippen LogP contribution in [-0.4, -0.2) is 29.5 Å². The van der Waals surface area contributed by atoms with Gasteiger partial charge < -0.3 is 14.8 Å². The summed E-state index contributed by atoms with van der Waals surface area (Å²) < 4.78 is 35.6. The van der Waals surface area contributed by atoms with E-state index in [9.17, 15) is 14.0 Å². The number of benzene rings is 1. The van der Waals surface area contributed by atoms with Gasteiger partial charge in [0.1, 0.15) is 17.4 Å². The van der Waals surface area contributed by atoms with E-state index in [0.717, 1.165) is 37.7 Å². The van der Waals surface area contributed by atoms with Crippen molar-refractivity contribution >= 4 is 5.82 Å². The van der Waals surface area contributed by atoms with Crippen LogP contribution >= 0.6 is 0 Å². The monoisotopic (exact) mass is 444 g/mol. The standard InChI is InChI=1S/C24H30F2N4O2/c1-3-5-6-8-17(4-2)28-23-21(14-27)20-9-7-12-31-15-16-13-18(32-24(25)26)10-11-19(16)22(20)29-30-23/h10-11,13,17,24H,3-9,12,15H2,1-2H3,(H,28,30). The summed E-state index contributed by atoms with van der Waals surface area (Å²) in [6.07, 6.45) is 6.72. The predicted molar refractivity (Wildman–Crippen MR) is 119 cm³/mol. The van der Waals surface area contributed by atoms with Gasteiger partial charge >= 0.3 is 6.61 Å². The molecule has 1 aromatic heterocycles. The van der Waals surface area contributed by atoms with Crippen molar-refractivity contribution in [1.29, 1.82) is 5.26 Å². The largest absolute Gasteiger partial charge is 0.435 e. The van der Waals surface area contributed by atoms with Crippen LogP contribution in [0.5, 0.6) is 5.75 Å². The molecule has 1 aliphatic rings. The summed E-state index contributed by atoms with van der Waals surface area (Å²) >= 11 is 0. The van der Waals surface area contributed by atoms with E-state index in [-0.39, 0.29) is 18.4 Å². The highest BCUT2D eigenvalue weighted by molar-refractivity contribution is 5.73. The number of fused-ring (bicyclic) bond motifs is 3. The molecule has 2 heterocycles. The number of ether oxygens (including phenoxy) is 2. The number of alkyl halides is 2. The Hall–Kier alpha value is -2.79. The molecule has 0 spiro atoms. The summed E-state index contributed by atoms with van der Waals surface area (Å²) in [6, 6.07) is 7.25. The molecule has 1 aromatic carbocycles. The molecule has 32 heavy (non-hydrogen) atoms. The quantitative estimate of drug-likeness (QED) is 0.489. The second-order valence-electron chi connectivity index (χ2n) is 7.96. The van der Waals surface area contributed by atoms with Gasteiger partial charge in [0, 0.05) is 23.8 Å². The Morgan fingerprint density at radius 1 is 1.25 bits per heavy atom. The van der Waals surface area contributed by atoms with Gasteiger partial charge in [-0.3, -0.25) is 0 Å². The normalized spacial score (nSPS) is 14.4. The van der Waals surface area contributed by atoms with Gasteiger partial charge in [-0.15, -0.1) is 10.2 Å². The fourth-order valence-electron chi connectivity index (χ4n) is 4.00. The molecule has 0 saturated carbocycles. The summed E-state index contributed by atoms with van der Waals surface area (Å²) in [5.41, 5.74) is 3.29. The lowest BCUT2D eigenvalue weighted by Gasteiger charge is -2.20. The Morgan fingerprint density at radius 2 is 2.09 bits per heavy atom. The molecule has 0 fully saturated rings. The van der Waals surface area contributed by atoms with E-state index in [2.05, 4.69) is 40.2 Å². The lowest BCUT2D eigenvalue weighted by atomic mass is 9.95. The molecule has 1 unspecified atom stereocenters. The van der Waals surface area contributed by atoms with Gasteiger partial charge in [0.2, 0.25) is 0 Å². The molecule has 0 saturated heterocycles. The van der Waals surface area contributed by atoms with E-state index in [1.165, 1.54) is 18.6 Å². The Labute approximate surface area is 188 Å². The van der Waals surface area contributed by atoms with Crippen molar-refractivity contribution < 1.29 is 18.3 Å². The first-order valence-corrected chi connectivity index (χ1v) is 11.3. The third-order valence-corrected chi connectivity index (χ3v) is 5.71. The summed E-state index contributed by atoms with van der Waals surface area (Å²) in [5, 5.41) is 22.3. The Bertz CT molecular complexity index is 946. The maximum atomic E-state index is 12.7. The van der Waals surface area contributed by atoms with Gasteiger partial charge in [0.05, 0.1) is 12.3 Å². The highest BCUT2D eigenvalue weighted by atomic mass is 19.3. The molecule has 0 aliphatic carbocycles. The molecular weight excluding hydrogens is 414 g/mol. The van der Waals surface area contributed by atoms with Crippen molar-refractivity contribution in [2.24, 2.45) is 0 Å². The van der Waals surface area contributed by atoms with Crippen LogP contribution in [0.1, 0.15) is 69.1 Å². The van der Waals surface area contributed by atoms with Crippen molar-refractivity contribution in [2.75, 3.05) is 11.9 Å². The molecule has 6 nitrogen and oxygen atoms in total. The van der Waals surface area contributed by atoms with Crippen molar-refractivity contribution in [3.63, 3.8) is 0 Å². The van der Waals surface area contributed by atoms with Gasteiger partial charge in [-0.25, -0.2) is 0 Å². The van der Waals surface area contributed by atoms with Crippen LogP contribution < -0.4 is 10.1 Å². The van der Waals surface area contributed by atoms with Crippen molar-refractivity contribution in [3.05, 3.63) is 34.9 Å². The molecular formula is C24H30F2N4O2. The Kier molecular flexibility index (Phi) is 8.74. The average molecular weight is 445 g/mol. The Balaban J connectivity index is 1.99. The minimum atomic E-state index is -2.90. The lowest BCUT2D eigenvalue weighted by molar-refractivity contribution is -0.0499. The molecule has 1 N–H and O–H groups in total. The fraction of sp³-hybridized carbons (Fsp3) is 0.542. The topological polar surface area (TPSA) is 80.1 Å². The van der Waals surface area contributed by atoms with Crippen molar-refractivity contribution in [3.8, 4) is 23.1 Å². The third-order valence-electron chi connectivity index (χ3n) is 5.71. The van der Waals surface area contributed by atoms with Gasteiger partial charge in [0.25, 0.3) is 0 Å². The number of anilines is 1. The zero-order valence-electron chi connectivity index (χ0n) is 18.7. The SMILES string of the molecule is CCCCCC(CC)Nc1nnc2c(c1C#N)CCCOCc1cc(OC(F)F)ccc1-2. The number of rotatable bonds is 9. The average Bonchev–Trinajstić information content (AvgIpc) is 2.86. The van der Waals surface area contributed by atoms with Gasteiger partial charge in [0.15, 0.2) is 5.82 Å². The van der Waals surface area contributed by atoms with Crippen LogP contribution in [0.25, 0.3) is 11.3 Å². The summed E-state index contributed by atoms with van der Waals surface area (Å²) in [5.74, 6) is 0.571. The number of nitrogens with one attached hydrogen (secondary N) is 1. The van der Waals surface area contributed by atoms with E-state index < -0.39 is 6.61 Å². The van der Waals surface area contributed by atoms with E-state index in [4.69, 9.17) is 4.74 Å². The van der Waals surface area contributed by atoms with Crippen molar-refractivity contribution in [1.82, 2.24) is 10.2 Å². The smallest absolute Gasteiger partial charge is 0.387 e. The number of hydrogen-bond acceptors (Lipinski definition) is 6. The first kappa shape index (κ1) is 23.9. The molecule has 0 amide bonds. The zero-order chi connectivity index (χ0) is 22.9. The van der Waals surface area contributed by atoms with Crippen LogP contribution in [-0.2, 0) is 17.8 Å². The number of hydrogen-bond donors (Lipinski definition) is 1. The molecule has 172 valence electrons. The summed E-state index contributed by atoms with van der Waals surface area (Å²) in [4.78, 5) is 0. The molecule has 0 radical (unpaired) electrons. The maximum Gasteiger partial charge on any atom is 0.387 e. The molecule has 0 bridgehead atoms. The van der Waals surface area contributed by atoms with Crippen LogP contribution in [0.2, 0.25) is 0 Å². The minimum Gasteiger partial charge on any atom is -0.435 e.